The van der Waals surface area contributed by atoms with E-state index < -0.39 is 14.9 Å². The lowest BCUT2D eigenvalue weighted by Gasteiger charge is -2.03. The van der Waals surface area contributed by atoms with Crippen molar-refractivity contribution in [1.29, 1.82) is 0 Å². The summed E-state index contributed by atoms with van der Waals surface area (Å²) in [6.07, 6.45) is 1.33. The third-order valence-electron chi connectivity index (χ3n) is 2.57. The van der Waals surface area contributed by atoms with Crippen LogP contribution in [0.4, 0.5) is 5.69 Å². The van der Waals surface area contributed by atoms with E-state index in [0.29, 0.717) is 5.56 Å². The van der Waals surface area contributed by atoms with Crippen molar-refractivity contribution in [2.75, 3.05) is 0 Å². The molecular formula is C13H10BrN3O4S. The minimum absolute atomic E-state index is 0.229. The Morgan fingerprint density at radius 3 is 2.59 bits per heavy atom. The van der Waals surface area contributed by atoms with E-state index in [1.54, 1.807) is 18.2 Å². The Balaban J connectivity index is 2.18. The summed E-state index contributed by atoms with van der Waals surface area (Å²) >= 11 is 3.29. The molecule has 0 unspecified atom stereocenters. The second-order valence-electron chi connectivity index (χ2n) is 4.16. The predicted molar refractivity (Wildman–Crippen MR) is 85.2 cm³/mol. The second kappa shape index (κ2) is 6.67. The molecule has 0 fully saturated rings. The van der Waals surface area contributed by atoms with Gasteiger partial charge in [0.05, 0.1) is 16.0 Å². The monoisotopic (exact) mass is 383 g/mol. The van der Waals surface area contributed by atoms with Gasteiger partial charge in [0.2, 0.25) is 0 Å². The van der Waals surface area contributed by atoms with E-state index in [0.717, 1.165) is 10.5 Å². The lowest BCUT2D eigenvalue weighted by atomic mass is 10.2. The Morgan fingerprint density at radius 1 is 1.18 bits per heavy atom. The molecule has 0 saturated heterocycles. The first-order chi connectivity index (χ1) is 10.4. The lowest BCUT2D eigenvalue weighted by molar-refractivity contribution is -0.385. The van der Waals surface area contributed by atoms with E-state index in [-0.39, 0.29) is 10.6 Å². The van der Waals surface area contributed by atoms with Gasteiger partial charge in [-0.25, -0.2) is 4.83 Å². The van der Waals surface area contributed by atoms with E-state index in [1.165, 1.54) is 24.4 Å². The van der Waals surface area contributed by atoms with Gasteiger partial charge in [-0.2, -0.15) is 13.5 Å². The number of nitro groups is 1. The smallest absolute Gasteiger partial charge is 0.258 e. The highest BCUT2D eigenvalue weighted by Crippen LogP contribution is 2.17. The van der Waals surface area contributed by atoms with Crippen LogP contribution >= 0.6 is 15.9 Å². The van der Waals surface area contributed by atoms with Crippen LogP contribution in [0.1, 0.15) is 5.56 Å². The van der Waals surface area contributed by atoms with Crippen molar-refractivity contribution in [3.8, 4) is 0 Å². The molecule has 0 heterocycles. The summed E-state index contributed by atoms with van der Waals surface area (Å²) in [5.41, 5.74) is 0.384. The Hall–Kier alpha value is -2.26. The van der Waals surface area contributed by atoms with Crippen molar-refractivity contribution in [2.45, 2.75) is 4.90 Å². The van der Waals surface area contributed by atoms with Gasteiger partial charge in [0.1, 0.15) is 0 Å². The van der Waals surface area contributed by atoms with Gasteiger partial charge in [0, 0.05) is 16.6 Å². The Labute approximate surface area is 135 Å². The summed E-state index contributed by atoms with van der Waals surface area (Å²) in [7, 11) is -3.96. The van der Waals surface area contributed by atoms with E-state index in [2.05, 4.69) is 21.0 Å². The number of nitrogens with one attached hydrogen (secondary N) is 1. The van der Waals surface area contributed by atoms with Gasteiger partial charge in [-0.15, -0.1) is 0 Å². The topological polar surface area (TPSA) is 102 Å². The maximum Gasteiger partial charge on any atom is 0.276 e. The van der Waals surface area contributed by atoms with E-state index in [4.69, 9.17) is 0 Å². The number of hydrazone groups is 1. The molecular weight excluding hydrogens is 374 g/mol. The molecule has 2 rings (SSSR count). The zero-order valence-corrected chi connectivity index (χ0v) is 13.4. The van der Waals surface area contributed by atoms with Crippen LogP contribution in [0.15, 0.2) is 63.0 Å². The van der Waals surface area contributed by atoms with Crippen LogP contribution in [0.3, 0.4) is 0 Å². The summed E-state index contributed by atoms with van der Waals surface area (Å²) in [5.74, 6) is 0. The van der Waals surface area contributed by atoms with Crippen LogP contribution in [0.5, 0.6) is 0 Å². The van der Waals surface area contributed by atoms with Crippen LogP contribution in [-0.2, 0) is 10.0 Å². The van der Waals surface area contributed by atoms with Crippen molar-refractivity contribution in [2.24, 2.45) is 5.10 Å². The zero-order chi connectivity index (χ0) is 16.2. The predicted octanol–water partition coefficient (Wildman–Crippen LogP) is 2.67. The van der Waals surface area contributed by atoms with Crippen LogP contribution in [0.2, 0.25) is 0 Å². The summed E-state index contributed by atoms with van der Waals surface area (Å²) in [6.45, 7) is 0. The first-order valence-electron chi connectivity index (χ1n) is 5.93. The molecule has 0 aliphatic rings. The van der Waals surface area contributed by atoms with Crippen LogP contribution in [-0.4, -0.2) is 19.6 Å². The van der Waals surface area contributed by atoms with Gasteiger partial charge in [0.15, 0.2) is 0 Å². The number of benzene rings is 2. The molecule has 0 bridgehead atoms. The molecule has 0 atom stereocenters. The van der Waals surface area contributed by atoms with Crippen LogP contribution < -0.4 is 4.83 Å². The highest BCUT2D eigenvalue weighted by atomic mass is 79.9. The van der Waals surface area contributed by atoms with Crippen molar-refractivity contribution in [3.05, 3.63) is 68.7 Å². The van der Waals surface area contributed by atoms with Crippen LogP contribution in [0.25, 0.3) is 0 Å². The standard InChI is InChI=1S/C13H10BrN3O4S/c14-11-4-1-3-10(7-11)9-15-16-22(20,21)13-6-2-5-12(8-13)17(18)19/h1-9,16H/b15-9+. The average Bonchev–Trinajstić information content (AvgIpc) is 2.47. The largest absolute Gasteiger partial charge is 0.276 e. The molecule has 0 aliphatic carbocycles. The van der Waals surface area contributed by atoms with Crippen molar-refractivity contribution < 1.29 is 13.3 Å². The number of non-ortho nitro benzene ring substituents is 1. The van der Waals surface area contributed by atoms with E-state index in [1.807, 2.05) is 10.9 Å². The van der Waals surface area contributed by atoms with Gasteiger partial charge in [-0.1, -0.05) is 34.1 Å². The summed E-state index contributed by atoms with van der Waals surface area (Å²) in [6, 6.07) is 11.8. The minimum Gasteiger partial charge on any atom is -0.258 e. The van der Waals surface area contributed by atoms with Gasteiger partial charge in [-0.3, -0.25) is 10.1 Å². The molecule has 0 amide bonds. The second-order valence-corrected chi connectivity index (χ2v) is 6.74. The molecule has 0 radical (unpaired) electrons. The van der Waals surface area contributed by atoms with Crippen molar-refractivity contribution >= 4 is 37.9 Å². The van der Waals surface area contributed by atoms with Gasteiger partial charge < -0.3 is 0 Å². The maximum absolute atomic E-state index is 12.0. The molecule has 0 saturated carbocycles. The number of sulfonamides is 1. The maximum atomic E-state index is 12.0. The van der Waals surface area contributed by atoms with E-state index >= 15 is 0 Å². The molecule has 1 N–H and O–H groups in total. The third kappa shape index (κ3) is 4.12. The number of nitrogens with zero attached hydrogens (tertiary/aromatic N) is 2. The number of rotatable bonds is 5. The molecule has 0 aliphatic heterocycles. The fourth-order valence-electron chi connectivity index (χ4n) is 1.57. The lowest BCUT2D eigenvalue weighted by Crippen LogP contribution is -2.18. The normalized spacial score (nSPS) is 11.5. The molecule has 7 nitrogen and oxygen atoms in total. The minimum atomic E-state index is -3.96. The van der Waals surface area contributed by atoms with Crippen LogP contribution in [0, 0.1) is 10.1 Å². The van der Waals surface area contributed by atoms with Crippen molar-refractivity contribution in [1.82, 2.24) is 4.83 Å². The molecule has 2 aromatic rings. The Bertz CT molecular complexity index is 837. The summed E-state index contributed by atoms with van der Waals surface area (Å²) in [4.78, 5) is 11.8. The quantitative estimate of drug-likeness (QED) is 0.486. The molecule has 9 heteroatoms. The van der Waals surface area contributed by atoms with Gasteiger partial charge in [-0.05, 0) is 23.8 Å². The third-order valence-corrected chi connectivity index (χ3v) is 4.29. The molecule has 0 spiro atoms. The molecule has 2 aromatic carbocycles. The molecule has 0 aromatic heterocycles. The summed E-state index contributed by atoms with van der Waals surface area (Å²) < 4.78 is 24.8. The van der Waals surface area contributed by atoms with Gasteiger partial charge >= 0.3 is 0 Å². The van der Waals surface area contributed by atoms with Crippen molar-refractivity contribution in [3.63, 3.8) is 0 Å². The Kier molecular flexibility index (Phi) is 4.88. The number of halogens is 1. The highest BCUT2D eigenvalue weighted by molar-refractivity contribution is 9.10. The Morgan fingerprint density at radius 2 is 1.91 bits per heavy atom. The molecule has 22 heavy (non-hydrogen) atoms. The van der Waals surface area contributed by atoms with Gasteiger partial charge in [0.25, 0.3) is 15.7 Å². The summed E-state index contributed by atoms with van der Waals surface area (Å²) in [5, 5.41) is 14.3. The SMILES string of the molecule is O=[N+]([O-])c1cccc(S(=O)(=O)N/N=C/c2cccc(Br)c2)c1. The fraction of sp³-hybridized carbons (Fsp3) is 0. The fourth-order valence-corrected chi connectivity index (χ4v) is 2.82. The first kappa shape index (κ1) is 16.1. The number of nitro benzene ring substituents is 1. The molecule has 114 valence electrons. The number of hydrogen-bond donors (Lipinski definition) is 1. The highest BCUT2D eigenvalue weighted by Gasteiger charge is 2.16. The number of hydrogen-bond acceptors (Lipinski definition) is 5. The zero-order valence-electron chi connectivity index (χ0n) is 11.0. The van der Waals surface area contributed by atoms with E-state index in [9.17, 15) is 18.5 Å². The first-order valence-corrected chi connectivity index (χ1v) is 8.21. The average molecular weight is 384 g/mol.